The molecular weight excluding hydrogens is 192 g/mol. The maximum atomic E-state index is 9.13. The van der Waals surface area contributed by atoms with Crippen LogP contribution in [0.25, 0.3) is 0 Å². The summed E-state index contributed by atoms with van der Waals surface area (Å²) in [5.74, 6) is 0.711. The third-order valence-corrected chi connectivity index (χ3v) is 2.29. The topological polar surface area (TPSA) is 77.0 Å². The fourth-order valence-electron chi connectivity index (χ4n) is 1.30. The van der Waals surface area contributed by atoms with E-state index in [-0.39, 0.29) is 5.75 Å². The molecule has 1 aromatic heterocycles. The van der Waals surface area contributed by atoms with Crippen LogP contribution in [-0.4, -0.2) is 20.1 Å². The number of phenolic OH excluding ortho intramolecular Hbond substituents is 1. The average Bonchev–Trinajstić information content (AvgIpc) is 2.53. The molecule has 5 heteroatoms. The summed E-state index contributed by atoms with van der Waals surface area (Å²) < 4.78 is 1.72. The number of phenols is 1. The van der Waals surface area contributed by atoms with Gasteiger partial charge in [-0.3, -0.25) is 0 Å². The minimum atomic E-state index is 0.258. The molecule has 0 aliphatic heterocycles. The predicted octanol–water partition coefficient (Wildman–Crippen LogP) is 0.923. The minimum absolute atomic E-state index is 0.258. The monoisotopic (exact) mass is 204 g/mol. The van der Waals surface area contributed by atoms with Crippen molar-refractivity contribution < 1.29 is 5.11 Å². The smallest absolute Gasteiger partial charge is 0.168 e. The van der Waals surface area contributed by atoms with E-state index in [0.717, 1.165) is 11.3 Å². The van der Waals surface area contributed by atoms with Gasteiger partial charge in [0.25, 0.3) is 0 Å². The highest BCUT2D eigenvalue weighted by Gasteiger charge is 2.04. The van der Waals surface area contributed by atoms with Crippen molar-refractivity contribution in [3.63, 3.8) is 0 Å². The van der Waals surface area contributed by atoms with E-state index in [0.29, 0.717) is 12.4 Å². The van der Waals surface area contributed by atoms with E-state index in [9.17, 15) is 0 Å². The molecule has 2 rings (SSSR count). The van der Waals surface area contributed by atoms with Crippen LogP contribution in [0.5, 0.6) is 5.75 Å². The number of rotatable bonds is 2. The normalized spacial score (nSPS) is 10.5. The lowest BCUT2D eigenvalue weighted by Gasteiger charge is -2.03. The van der Waals surface area contributed by atoms with Crippen LogP contribution in [0.4, 0.5) is 5.82 Å². The van der Waals surface area contributed by atoms with E-state index < -0.39 is 0 Å². The van der Waals surface area contributed by atoms with Gasteiger partial charge in [-0.05, 0) is 24.6 Å². The van der Waals surface area contributed by atoms with Crippen molar-refractivity contribution in [2.24, 2.45) is 0 Å². The number of nitrogens with zero attached hydrogens (tertiary/aromatic N) is 3. The Hall–Kier alpha value is -2.04. The van der Waals surface area contributed by atoms with Gasteiger partial charge >= 0.3 is 0 Å². The molecule has 3 N–H and O–H groups in total. The lowest BCUT2D eigenvalue weighted by atomic mass is 10.2. The molecule has 78 valence electrons. The number of hydrogen-bond acceptors (Lipinski definition) is 4. The van der Waals surface area contributed by atoms with E-state index in [1.807, 2.05) is 19.1 Å². The molecule has 0 aliphatic rings. The molecular formula is C10H12N4O. The molecule has 0 amide bonds. The summed E-state index contributed by atoms with van der Waals surface area (Å²) in [6, 6.07) is 6.97. The van der Waals surface area contributed by atoms with Crippen molar-refractivity contribution in [2.75, 3.05) is 5.73 Å². The number of nitrogen functional groups attached to an aromatic ring is 1. The number of benzene rings is 1. The van der Waals surface area contributed by atoms with Gasteiger partial charge in [0, 0.05) is 0 Å². The number of anilines is 1. The second kappa shape index (κ2) is 3.61. The van der Waals surface area contributed by atoms with Crippen molar-refractivity contribution in [1.82, 2.24) is 15.0 Å². The first kappa shape index (κ1) is 9.51. The molecule has 0 saturated heterocycles. The number of aromatic hydroxyl groups is 1. The highest BCUT2D eigenvalue weighted by atomic mass is 16.3. The van der Waals surface area contributed by atoms with Crippen molar-refractivity contribution in [3.8, 4) is 5.75 Å². The van der Waals surface area contributed by atoms with Crippen molar-refractivity contribution in [2.45, 2.75) is 13.5 Å². The van der Waals surface area contributed by atoms with Gasteiger partial charge in [0.05, 0.1) is 12.2 Å². The Balaban J connectivity index is 2.22. The molecule has 2 aromatic rings. The van der Waals surface area contributed by atoms with Crippen LogP contribution in [0.15, 0.2) is 24.3 Å². The van der Waals surface area contributed by atoms with Crippen LogP contribution in [0, 0.1) is 6.92 Å². The van der Waals surface area contributed by atoms with Crippen molar-refractivity contribution >= 4 is 5.82 Å². The number of nitrogens with two attached hydrogens (primary N) is 1. The fraction of sp³-hybridized carbons (Fsp3) is 0.200. The van der Waals surface area contributed by atoms with E-state index in [1.54, 1.807) is 16.8 Å². The molecule has 0 saturated carbocycles. The fourth-order valence-corrected chi connectivity index (χ4v) is 1.30. The highest BCUT2D eigenvalue weighted by molar-refractivity contribution is 5.32. The Morgan fingerprint density at radius 3 is 2.53 bits per heavy atom. The molecule has 5 nitrogen and oxygen atoms in total. The van der Waals surface area contributed by atoms with Crippen LogP contribution in [0.2, 0.25) is 0 Å². The van der Waals surface area contributed by atoms with Crippen LogP contribution in [0.1, 0.15) is 11.3 Å². The van der Waals surface area contributed by atoms with Crippen LogP contribution in [0.3, 0.4) is 0 Å². The molecule has 15 heavy (non-hydrogen) atoms. The Kier molecular flexibility index (Phi) is 2.29. The lowest BCUT2D eigenvalue weighted by Crippen LogP contribution is -2.04. The highest BCUT2D eigenvalue weighted by Crippen LogP contribution is 2.12. The molecule has 1 heterocycles. The first-order valence-electron chi connectivity index (χ1n) is 4.60. The predicted molar refractivity (Wildman–Crippen MR) is 56.4 cm³/mol. The van der Waals surface area contributed by atoms with Crippen molar-refractivity contribution in [1.29, 1.82) is 0 Å². The van der Waals surface area contributed by atoms with Gasteiger partial charge in [-0.15, -0.1) is 5.10 Å². The Morgan fingerprint density at radius 2 is 2.00 bits per heavy atom. The Bertz CT molecular complexity index is 461. The largest absolute Gasteiger partial charge is 0.508 e. The molecule has 0 aliphatic carbocycles. The molecule has 1 aromatic carbocycles. The van der Waals surface area contributed by atoms with Gasteiger partial charge < -0.3 is 10.8 Å². The van der Waals surface area contributed by atoms with E-state index in [1.165, 1.54) is 0 Å². The second-order valence-electron chi connectivity index (χ2n) is 3.38. The van der Waals surface area contributed by atoms with Gasteiger partial charge in [-0.1, -0.05) is 17.3 Å². The number of hydrogen-bond donors (Lipinski definition) is 2. The summed E-state index contributed by atoms with van der Waals surface area (Å²) in [5.41, 5.74) is 7.48. The third-order valence-electron chi connectivity index (χ3n) is 2.29. The summed E-state index contributed by atoms with van der Waals surface area (Å²) in [6.45, 7) is 2.48. The molecule has 0 radical (unpaired) electrons. The summed E-state index contributed by atoms with van der Waals surface area (Å²) >= 11 is 0. The maximum absolute atomic E-state index is 9.13. The molecule has 0 bridgehead atoms. The number of aromatic nitrogens is 3. The summed E-state index contributed by atoms with van der Waals surface area (Å²) in [5, 5.41) is 16.8. The summed E-state index contributed by atoms with van der Waals surface area (Å²) in [6.07, 6.45) is 0. The zero-order valence-corrected chi connectivity index (χ0v) is 8.38. The molecule has 0 spiro atoms. The molecule has 0 unspecified atom stereocenters. The summed E-state index contributed by atoms with van der Waals surface area (Å²) in [4.78, 5) is 0. The SMILES string of the molecule is Cc1c(N)nnn1Cc1ccc(O)cc1. The lowest BCUT2D eigenvalue weighted by molar-refractivity contribution is 0.475. The molecule has 0 fully saturated rings. The van der Waals surface area contributed by atoms with Crippen LogP contribution < -0.4 is 5.73 Å². The van der Waals surface area contributed by atoms with E-state index in [4.69, 9.17) is 10.8 Å². The maximum Gasteiger partial charge on any atom is 0.168 e. The zero-order valence-electron chi connectivity index (χ0n) is 8.38. The third kappa shape index (κ3) is 1.90. The molecule has 0 atom stereocenters. The van der Waals surface area contributed by atoms with Gasteiger partial charge in [0.2, 0.25) is 0 Å². The first-order valence-corrected chi connectivity index (χ1v) is 4.60. The van der Waals surface area contributed by atoms with E-state index in [2.05, 4.69) is 10.3 Å². The van der Waals surface area contributed by atoms with Gasteiger partial charge in [-0.25, -0.2) is 4.68 Å². The van der Waals surface area contributed by atoms with E-state index >= 15 is 0 Å². The second-order valence-corrected chi connectivity index (χ2v) is 3.38. The van der Waals surface area contributed by atoms with Crippen LogP contribution >= 0.6 is 0 Å². The Labute approximate surface area is 87.1 Å². The van der Waals surface area contributed by atoms with Crippen LogP contribution in [-0.2, 0) is 6.54 Å². The summed E-state index contributed by atoms with van der Waals surface area (Å²) in [7, 11) is 0. The Morgan fingerprint density at radius 1 is 1.33 bits per heavy atom. The van der Waals surface area contributed by atoms with Crippen molar-refractivity contribution in [3.05, 3.63) is 35.5 Å². The van der Waals surface area contributed by atoms with Gasteiger partial charge in [-0.2, -0.15) is 0 Å². The quantitative estimate of drug-likeness (QED) is 0.762. The zero-order chi connectivity index (χ0) is 10.8. The van der Waals surface area contributed by atoms with Gasteiger partial charge in [0.15, 0.2) is 5.82 Å². The standard InChI is InChI=1S/C10H12N4O/c1-7-10(11)12-13-14(7)6-8-2-4-9(15)5-3-8/h2-5,15H,6,11H2,1H3. The first-order chi connectivity index (χ1) is 7.16. The van der Waals surface area contributed by atoms with Gasteiger partial charge in [0.1, 0.15) is 5.75 Å². The minimum Gasteiger partial charge on any atom is -0.508 e. The average molecular weight is 204 g/mol.